The molecule has 0 saturated carbocycles. The van der Waals surface area contributed by atoms with E-state index in [0.717, 1.165) is 38.1 Å². The number of nitrogens with one attached hydrogen (secondary N) is 1. The van der Waals surface area contributed by atoms with E-state index < -0.39 is 0 Å². The van der Waals surface area contributed by atoms with Crippen LogP contribution in [0.15, 0.2) is 111 Å². The molecular weight excluding hydrogens is 434 g/mol. The van der Waals surface area contributed by atoms with Crippen LogP contribution >= 0.6 is 23.5 Å². The molecule has 4 aromatic rings. The third-order valence-electron chi connectivity index (χ3n) is 5.23. The van der Waals surface area contributed by atoms with E-state index in [2.05, 4.69) is 53.8 Å². The number of benzene rings is 4. The number of amides is 1. The minimum atomic E-state index is -0.0549. The molecule has 0 aromatic heterocycles. The van der Waals surface area contributed by atoms with Crippen LogP contribution < -0.4 is 10.1 Å². The lowest BCUT2D eigenvalue weighted by molar-refractivity contribution is 0.102. The second-order valence-electron chi connectivity index (χ2n) is 7.49. The maximum atomic E-state index is 12.7. The highest BCUT2D eigenvalue weighted by Crippen LogP contribution is 2.39. The highest BCUT2D eigenvalue weighted by molar-refractivity contribution is 7.99. The van der Waals surface area contributed by atoms with Crippen LogP contribution in [0.2, 0.25) is 0 Å². The van der Waals surface area contributed by atoms with Crippen LogP contribution in [0.4, 0.5) is 5.69 Å². The van der Waals surface area contributed by atoms with E-state index in [-0.39, 0.29) is 5.91 Å². The van der Waals surface area contributed by atoms with Crippen molar-refractivity contribution in [2.75, 3.05) is 12.4 Å². The van der Waals surface area contributed by atoms with Crippen LogP contribution in [0.5, 0.6) is 5.75 Å². The van der Waals surface area contributed by atoms with Gasteiger partial charge in [0.1, 0.15) is 5.75 Å². The van der Waals surface area contributed by atoms with Crippen LogP contribution in [0.3, 0.4) is 0 Å². The first-order valence-corrected chi connectivity index (χ1v) is 11.9. The summed E-state index contributed by atoms with van der Waals surface area (Å²) in [6, 6.07) is 30.7. The molecule has 0 spiro atoms. The molecular formula is C27H21NO2S2. The maximum absolute atomic E-state index is 12.7. The zero-order valence-electron chi connectivity index (χ0n) is 17.5. The van der Waals surface area contributed by atoms with E-state index in [1.165, 1.54) is 16.0 Å². The summed E-state index contributed by atoms with van der Waals surface area (Å²) in [5.74, 6) is 0.805. The molecule has 0 atom stereocenters. The number of anilines is 1. The van der Waals surface area contributed by atoms with Gasteiger partial charge in [-0.05, 0) is 72.1 Å². The Hall–Kier alpha value is -3.15. The standard InChI is InChI=1S/C27H21NO2S2/c1-30-20-7-5-9-22(17-20)31-21-8-4-6-18(15-21)14-19-12-13-26-24(16-19)28-27(29)23-10-2-3-11-25(23)32-26/h2-13,15-17H,14H2,1H3,(H,28,29). The van der Waals surface area contributed by atoms with Crippen LogP contribution in [0, 0.1) is 0 Å². The molecule has 0 bridgehead atoms. The van der Waals surface area contributed by atoms with Crippen LogP contribution in [-0.4, -0.2) is 13.0 Å². The average Bonchev–Trinajstić information content (AvgIpc) is 2.95. The quantitative estimate of drug-likeness (QED) is 0.347. The van der Waals surface area contributed by atoms with Crippen molar-refractivity contribution >= 4 is 35.1 Å². The van der Waals surface area contributed by atoms with Gasteiger partial charge in [0.05, 0.1) is 18.4 Å². The number of hydrogen-bond donors (Lipinski definition) is 1. The van der Waals surface area contributed by atoms with E-state index in [9.17, 15) is 4.79 Å². The summed E-state index contributed by atoms with van der Waals surface area (Å²) in [5.41, 5.74) is 3.99. The largest absolute Gasteiger partial charge is 0.497 e. The zero-order valence-corrected chi connectivity index (χ0v) is 19.1. The normalized spacial score (nSPS) is 12.3. The molecule has 0 unspecified atom stereocenters. The van der Waals surface area contributed by atoms with Gasteiger partial charge in [0.2, 0.25) is 0 Å². The van der Waals surface area contributed by atoms with E-state index >= 15 is 0 Å². The fourth-order valence-electron chi connectivity index (χ4n) is 3.68. The van der Waals surface area contributed by atoms with Crippen molar-refractivity contribution in [3.63, 3.8) is 0 Å². The van der Waals surface area contributed by atoms with Gasteiger partial charge in [-0.3, -0.25) is 4.79 Å². The van der Waals surface area contributed by atoms with Gasteiger partial charge in [-0.25, -0.2) is 0 Å². The molecule has 5 heteroatoms. The van der Waals surface area contributed by atoms with Gasteiger partial charge in [0.25, 0.3) is 5.91 Å². The number of carbonyl (C=O) groups excluding carboxylic acids is 1. The van der Waals surface area contributed by atoms with Gasteiger partial charge < -0.3 is 10.1 Å². The highest BCUT2D eigenvalue weighted by Gasteiger charge is 2.19. The highest BCUT2D eigenvalue weighted by atomic mass is 32.2. The summed E-state index contributed by atoms with van der Waals surface area (Å²) in [4.78, 5) is 17.0. The molecule has 1 aliphatic rings. The first kappa shape index (κ1) is 20.7. The molecule has 0 saturated heterocycles. The Balaban J connectivity index is 1.36. The molecule has 0 fully saturated rings. The van der Waals surface area contributed by atoms with Gasteiger partial charge in [0, 0.05) is 19.6 Å². The first-order valence-electron chi connectivity index (χ1n) is 10.3. The van der Waals surface area contributed by atoms with Gasteiger partial charge >= 0.3 is 0 Å². The summed E-state index contributed by atoms with van der Waals surface area (Å²) in [6.07, 6.45) is 0.799. The molecule has 0 aliphatic carbocycles. The smallest absolute Gasteiger partial charge is 0.256 e. The fourth-order valence-corrected chi connectivity index (χ4v) is 5.64. The van der Waals surface area contributed by atoms with Gasteiger partial charge in [-0.2, -0.15) is 0 Å². The van der Waals surface area contributed by atoms with Crippen molar-refractivity contribution in [1.29, 1.82) is 0 Å². The first-order chi connectivity index (χ1) is 15.7. The van der Waals surface area contributed by atoms with Gasteiger partial charge in [-0.1, -0.05) is 59.9 Å². The van der Waals surface area contributed by atoms with Gasteiger partial charge in [0.15, 0.2) is 0 Å². The summed E-state index contributed by atoms with van der Waals surface area (Å²) in [7, 11) is 1.69. The summed E-state index contributed by atoms with van der Waals surface area (Å²) < 4.78 is 5.33. The van der Waals surface area contributed by atoms with Crippen molar-refractivity contribution < 1.29 is 9.53 Å². The lowest BCUT2D eigenvalue weighted by atomic mass is 10.0. The minimum absolute atomic E-state index is 0.0549. The number of methoxy groups -OCH3 is 1. The molecule has 0 radical (unpaired) electrons. The Morgan fingerprint density at radius 3 is 2.47 bits per heavy atom. The lowest BCUT2D eigenvalue weighted by Crippen LogP contribution is -2.11. The van der Waals surface area contributed by atoms with E-state index in [1.54, 1.807) is 30.6 Å². The third-order valence-corrected chi connectivity index (χ3v) is 7.36. The van der Waals surface area contributed by atoms with Crippen molar-refractivity contribution in [1.82, 2.24) is 0 Å². The molecule has 3 nitrogen and oxygen atoms in total. The molecule has 32 heavy (non-hydrogen) atoms. The summed E-state index contributed by atoms with van der Waals surface area (Å²) >= 11 is 3.35. The monoisotopic (exact) mass is 455 g/mol. The van der Waals surface area contributed by atoms with Gasteiger partial charge in [-0.15, -0.1) is 0 Å². The van der Waals surface area contributed by atoms with Crippen molar-refractivity contribution in [3.8, 4) is 5.75 Å². The Morgan fingerprint density at radius 2 is 1.59 bits per heavy atom. The number of carbonyl (C=O) groups is 1. The second-order valence-corrected chi connectivity index (χ2v) is 9.72. The van der Waals surface area contributed by atoms with Crippen molar-refractivity contribution in [2.24, 2.45) is 0 Å². The number of rotatable bonds is 5. The molecule has 4 aromatic carbocycles. The Labute approximate surface area is 196 Å². The average molecular weight is 456 g/mol. The molecule has 5 rings (SSSR count). The summed E-state index contributed by atoms with van der Waals surface area (Å²) in [5, 5.41) is 3.08. The predicted molar refractivity (Wildman–Crippen MR) is 131 cm³/mol. The molecule has 1 amide bonds. The number of fused-ring (bicyclic) bond motifs is 2. The number of hydrogen-bond acceptors (Lipinski definition) is 4. The van der Waals surface area contributed by atoms with E-state index in [0.29, 0.717) is 0 Å². The SMILES string of the molecule is COc1cccc(Sc2cccc(Cc3ccc4c(c3)NC(=O)c3ccccc3S4)c2)c1. The van der Waals surface area contributed by atoms with Crippen molar-refractivity contribution in [3.05, 3.63) is 108 Å². The predicted octanol–water partition coefficient (Wildman–Crippen LogP) is 7.15. The molecule has 1 aliphatic heterocycles. The van der Waals surface area contributed by atoms with E-state index in [4.69, 9.17) is 4.74 Å². The van der Waals surface area contributed by atoms with Crippen LogP contribution in [-0.2, 0) is 6.42 Å². The summed E-state index contributed by atoms with van der Waals surface area (Å²) in [6.45, 7) is 0. The third kappa shape index (κ3) is 4.54. The Kier molecular flexibility index (Phi) is 5.93. The molecule has 158 valence electrons. The minimum Gasteiger partial charge on any atom is -0.497 e. The molecule has 1 N–H and O–H groups in total. The Morgan fingerprint density at radius 1 is 0.812 bits per heavy atom. The number of ether oxygens (including phenoxy) is 1. The van der Waals surface area contributed by atoms with E-state index in [1.807, 2.05) is 42.5 Å². The van der Waals surface area contributed by atoms with Crippen molar-refractivity contribution in [2.45, 2.75) is 26.0 Å². The van der Waals surface area contributed by atoms with Crippen LogP contribution in [0.25, 0.3) is 0 Å². The van der Waals surface area contributed by atoms with Crippen LogP contribution in [0.1, 0.15) is 21.5 Å². The topological polar surface area (TPSA) is 38.3 Å². The zero-order chi connectivity index (χ0) is 21.9. The maximum Gasteiger partial charge on any atom is 0.256 e. The Bertz CT molecular complexity index is 1300. The fraction of sp³-hybridized carbons (Fsp3) is 0.0741. The molecule has 1 heterocycles. The second kappa shape index (κ2) is 9.15. The lowest BCUT2D eigenvalue weighted by Gasteiger charge is -2.10.